The fourth-order valence-corrected chi connectivity index (χ4v) is 2.31. The summed E-state index contributed by atoms with van der Waals surface area (Å²) in [6, 6.07) is -0.421. The van der Waals surface area contributed by atoms with Crippen LogP contribution in [0.15, 0.2) is 12.4 Å². The van der Waals surface area contributed by atoms with Crippen LogP contribution in [0.1, 0.15) is 17.3 Å². The van der Waals surface area contributed by atoms with Crippen molar-refractivity contribution in [3.63, 3.8) is 0 Å². The molecule has 0 aromatic carbocycles. The smallest absolute Gasteiger partial charge is 0.311 e. The molecule has 104 valence electrons. The van der Waals surface area contributed by atoms with Crippen LogP contribution in [0.25, 0.3) is 0 Å². The number of carbonyl (C=O) groups is 2. The summed E-state index contributed by atoms with van der Waals surface area (Å²) in [7, 11) is 1.73. The van der Waals surface area contributed by atoms with E-state index < -0.39 is 17.9 Å². The Balaban J connectivity index is 2.20. The molecule has 0 saturated carbocycles. The summed E-state index contributed by atoms with van der Waals surface area (Å²) >= 11 is 0. The quantitative estimate of drug-likeness (QED) is 0.829. The second-order valence-electron chi connectivity index (χ2n) is 4.54. The van der Waals surface area contributed by atoms with Crippen molar-refractivity contribution in [1.29, 1.82) is 0 Å². The number of rotatable bonds is 4. The van der Waals surface area contributed by atoms with E-state index in [9.17, 15) is 9.59 Å². The number of nitrogens with zero attached hydrogens (tertiary/aromatic N) is 3. The van der Waals surface area contributed by atoms with E-state index in [4.69, 9.17) is 9.84 Å². The minimum absolute atomic E-state index is 0.150. The zero-order chi connectivity index (χ0) is 14.0. The van der Waals surface area contributed by atoms with Gasteiger partial charge in [-0.3, -0.25) is 14.3 Å². The largest absolute Gasteiger partial charge is 0.481 e. The van der Waals surface area contributed by atoms with Gasteiger partial charge in [-0.05, 0) is 6.92 Å². The summed E-state index contributed by atoms with van der Waals surface area (Å²) < 4.78 is 6.75. The Morgan fingerprint density at radius 2 is 2.32 bits per heavy atom. The molecule has 0 aliphatic carbocycles. The fraction of sp³-hybridized carbons (Fsp3) is 0.583. The van der Waals surface area contributed by atoms with Crippen LogP contribution in [-0.2, 0) is 16.6 Å². The molecule has 19 heavy (non-hydrogen) atoms. The molecular weight excluding hydrogens is 250 g/mol. The van der Waals surface area contributed by atoms with Crippen LogP contribution in [0.3, 0.4) is 0 Å². The van der Waals surface area contributed by atoms with E-state index >= 15 is 0 Å². The van der Waals surface area contributed by atoms with Crippen molar-refractivity contribution in [3.05, 3.63) is 18.0 Å². The van der Waals surface area contributed by atoms with Gasteiger partial charge in [0.25, 0.3) is 5.91 Å². The van der Waals surface area contributed by atoms with E-state index in [-0.39, 0.29) is 19.1 Å². The maximum absolute atomic E-state index is 12.4. The Kier molecular flexibility index (Phi) is 3.84. The Morgan fingerprint density at radius 3 is 2.84 bits per heavy atom. The van der Waals surface area contributed by atoms with Gasteiger partial charge in [-0.2, -0.15) is 5.10 Å². The SMILES string of the molecule is CCN(C(=O)c1cnn(C)c1)C1COCC1C(=O)O. The van der Waals surface area contributed by atoms with Crippen molar-refractivity contribution in [2.24, 2.45) is 13.0 Å². The number of aliphatic carboxylic acids is 1. The third kappa shape index (κ3) is 2.60. The van der Waals surface area contributed by atoms with Crippen LogP contribution in [0, 0.1) is 5.92 Å². The summed E-state index contributed by atoms with van der Waals surface area (Å²) in [5, 5.41) is 13.1. The van der Waals surface area contributed by atoms with Crippen LogP contribution < -0.4 is 0 Å². The van der Waals surface area contributed by atoms with Crippen LogP contribution in [0.4, 0.5) is 0 Å². The zero-order valence-corrected chi connectivity index (χ0v) is 10.9. The van der Waals surface area contributed by atoms with E-state index in [2.05, 4.69) is 5.10 Å². The molecule has 2 heterocycles. The van der Waals surface area contributed by atoms with Crippen molar-refractivity contribution in [1.82, 2.24) is 14.7 Å². The lowest BCUT2D eigenvalue weighted by Gasteiger charge is -2.28. The average Bonchev–Trinajstić information content (AvgIpc) is 2.98. The van der Waals surface area contributed by atoms with Crippen molar-refractivity contribution in [2.45, 2.75) is 13.0 Å². The minimum atomic E-state index is -0.931. The number of likely N-dealkylation sites (N-methyl/N-ethyl adjacent to an activating group) is 1. The molecule has 1 N–H and O–H groups in total. The predicted octanol–water partition coefficient (Wildman–Crippen LogP) is -0.0182. The highest BCUT2D eigenvalue weighted by Gasteiger charge is 2.39. The number of ether oxygens (including phenoxy) is 1. The van der Waals surface area contributed by atoms with Gasteiger partial charge < -0.3 is 14.7 Å². The maximum Gasteiger partial charge on any atom is 0.311 e. The highest BCUT2D eigenvalue weighted by molar-refractivity contribution is 5.94. The molecule has 1 amide bonds. The van der Waals surface area contributed by atoms with Gasteiger partial charge in [0, 0.05) is 19.8 Å². The number of carboxylic acid groups (broad SMARTS) is 1. The van der Waals surface area contributed by atoms with Gasteiger partial charge in [0.05, 0.1) is 31.0 Å². The molecule has 0 bridgehead atoms. The Hall–Kier alpha value is -1.89. The minimum Gasteiger partial charge on any atom is -0.481 e. The highest BCUT2D eigenvalue weighted by atomic mass is 16.5. The lowest BCUT2D eigenvalue weighted by molar-refractivity contribution is -0.142. The molecule has 0 radical (unpaired) electrons. The summed E-state index contributed by atoms with van der Waals surface area (Å²) in [6.45, 7) is 2.67. The van der Waals surface area contributed by atoms with Gasteiger partial charge in [0.15, 0.2) is 0 Å². The van der Waals surface area contributed by atoms with Crippen molar-refractivity contribution >= 4 is 11.9 Å². The van der Waals surface area contributed by atoms with Crippen molar-refractivity contribution in [3.8, 4) is 0 Å². The van der Waals surface area contributed by atoms with E-state index in [0.717, 1.165) is 0 Å². The summed E-state index contributed by atoms with van der Waals surface area (Å²) in [5.74, 6) is -1.81. The Bertz CT molecular complexity index is 485. The molecule has 1 fully saturated rings. The van der Waals surface area contributed by atoms with Gasteiger partial charge in [0.2, 0.25) is 0 Å². The number of amides is 1. The summed E-state index contributed by atoms with van der Waals surface area (Å²) in [5.41, 5.74) is 0.459. The van der Waals surface area contributed by atoms with E-state index in [0.29, 0.717) is 12.1 Å². The molecule has 7 heteroatoms. The molecular formula is C12H17N3O4. The first-order valence-corrected chi connectivity index (χ1v) is 6.14. The fourth-order valence-electron chi connectivity index (χ4n) is 2.31. The zero-order valence-electron chi connectivity index (χ0n) is 10.9. The third-order valence-corrected chi connectivity index (χ3v) is 3.32. The third-order valence-electron chi connectivity index (χ3n) is 3.32. The first-order valence-electron chi connectivity index (χ1n) is 6.14. The Labute approximate surface area is 110 Å². The molecule has 1 aliphatic heterocycles. The van der Waals surface area contributed by atoms with Gasteiger partial charge in [-0.1, -0.05) is 0 Å². The van der Waals surface area contributed by atoms with Gasteiger partial charge in [-0.25, -0.2) is 0 Å². The molecule has 0 spiro atoms. The summed E-state index contributed by atoms with van der Waals surface area (Å²) in [6.07, 6.45) is 3.10. The normalized spacial score (nSPS) is 22.4. The first kappa shape index (κ1) is 13.5. The topological polar surface area (TPSA) is 84.7 Å². The van der Waals surface area contributed by atoms with E-state index in [1.54, 1.807) is 22.8 Å². The molecule has 1 saturated heterocycles. The number of hydrogen-bond acceptors (Lipinski definition) is 4. The molecule has 7 nitrogen and oxygen atoms in total. The highest BCUT2D eigenvalue weighted by Crippen LogP contribution is 2.21. The molecule has 2 unspecified atom stereocenters. The second-order valence-corrected chi connectivity index (χ2v) is 4.54. The first-order chi connectivity index (χ1) is 9.04. The molecule has 1 aliphatic rings. The molecule has 1 aromatic rings. The van der Waals surface area contributed by atoms with Crippen molar-refractivity contribution in [2.75, 3.05) is 19.8 Å². The van der Waals surface area contributed by atoms with Gasteiger partial charge in [-0.15, -0.1) is 0 Å². The van der Waals surface area contributed by atoms with E-state index in [1.165, 1.54) is 6.20 Å². The monoisotopic (exact) mass is 267 g/mol. The van der Waals surface area contributed by atoms with Crippen molar-refractivity contribution < 1.29 is 19.4 Å². The number of carboxylic acids is 1. The second kappa shape index (κ2) is 5.40. The van der Waals surface area contributed by atoms with Gasteiger partial charge in [0.1, 0.15) is 5.92 Å². The number of aryl methyl sites for hydroxylation is 1. The standard InChI is InChI=1S/C12H17N3O4/c1-3-15(10-7-19-6-9(10)12(17)18)11(16)8-4-13-14(2)5-8/h4-5,9-10H,3,6-7H2,1-2H3,(H,17,18). The van der Waals surface area contributed by atoms with Gasteiger partial charge >= 0.3 is 5.97 Å². The number of hydrogen-bond donors (Lipinski definition) is 1. The van der Waals surface area contributed by atoms with Crippen LogP contribution >= 0.6 is 0 Å². The molecule has 2 atom stereocenters. The van der Waals surface area contributed by atoms with Crippen LogP contribution in [-0.4, -0.2) is 57.5 Å². The molecule has 1 aromatic heterocycles. The summed E-state index contributed by atoms with van der Waals surface area (Å²) in [4.78, 5) is 25.1. The number of carbonyl (C=O) groups excluding carboxylic acids is 1. The van der Waals surface area contributed by atoms with Crippen LogP contribution in [0.2, 0.25) is 0 Å². The lowest BCUT2D eigenvalue weighted by atomic mass is 10.0. The molecule has 2 rings (SSSR count). The Morgan fingerprint density at radius 1 is 1.58 bits per heavy atom. The number of aromatic nitrogens is 2. The lowest BCUT2D eigenvalue weighted by Crippen LogP contribution is -2.46. The van der Waals surface area contributed by atoms with Crippen LogP contribution in [0.5, 0.6) is 0 Å². The average molecular weight is 267 g/mol. The van der Waals surface area contributed by atoms with E-state index in [1.807, 2.05) is 6.92 Å². The maximum atomic E-state index is 12.4. The predicted molar refractivity (Wildman–Crippen MR) is 65.7 cm³/mol.